The van der Waals surface area contributed by atoms with Crippen LogP contribution >= 0.6 is 11.6 Å². The second-order valence-electron chi connectivity index (χ2n) is 3.79. The monoisotopic (exact) mass is 273 g/mol. The molecule has 0 atom stereocenters. The third-order valence-corrected chi connectivity index (χ3v) is 2.76. The van der Waals surface area contributed by atoms with Crippen LogP contribution in [0.25, 0.3) is 0 Å². The predicted octanol–water partition coefficient (Wildman–Crippen LogP) is 2.91. The van der Waals surface area contributed by atoms with E-state index in [0.29, 0.717) is 43.1 Å². The van der Waals surface area contributed by atoms with E-state index >= 15 is 0 Å². The number of ether oxygens (including phenoxy) is 1. The Hall–Kier alpha value is -1.13. The Balaban J connectivity index is 2.24. The highest BCUT2D eigenvalue weighted by Gasteiger charge is 2.06. The van der Waals surface area contributed by atoms with Gasteiger partial charge in [-0.3, -0.25) is 4.79 Å². The molecular weight excluding hydrogens is 257 g/mol. The fourth-order valence-corrected chi connectivity index (χ4v) is 1.74. The van der Waals surface area contributed by atoms with Crippen molar-refractivity contribution >= 4 is 17.6 Å². The van der Waals surface area contributed by atoms with Gasteiger partial charge >= 0.3 is 5.97 Å². The highest BCUT2D eigenvalue weighted by atomic mass is 35.5. The SMILES string of the molecule is CCOC(=O)CCCNCc1c(F)cccc1Cl. The van der Waals surface area contributed by atoms with Gasteiger partial charge in [0.25, 0.3) is 0 Å². The Kier molecular flexibility index (Phi) is 6.68. The molecule has 1 aromatic carbocycles. The lowest BCUT2D eigenvalue weighted by Gasteiger charge is -2.07. The van der Waals surface area contributed by atoms with Crippen molar-refractivity contribution < 1.29 is 13.9 Å². The van der Waals surface area contributed by atoms with Gasteiger partial charge in [0, 0.05) is 23.6 Å². The lowest BCUT2D eigenvalue weighted by Crippen LogP contribution is -2.17. The molecule has 0 amide bonds. The summed E-state index contributed by atoms with van der Waals surface area (Å²) in [6.07, 6.45) is 1.02. The molecule has 5 heteroatoms. The maximum atomic E-state index is 13.4. The summed E-state index contributed by atoms with van der Waals surface area (Å²) in [6, 6.07) is 4.60. The van der Waals surface area contributed by atoms with Gasteiger partial charge in [-0.1, -0.05) is 17.7 Å². The molecule has 0 saturated carbocycles. The molecule has 0 bridgehead atoms. The number of benzene rings is 1. The van der Waals surface area contributed by atoms with E-state index in [-0.39, 0.29) is 11.8 Å². The Bertz CT molecular complexity index is 378. The van der Waals surface area contributed by atoms with Crippen LogP contribution in [-0.2, 0) is 16.1 Å². The minimum absolute atomic E-state index is 0.205. The van der Waals surface area contributed by atoms with E-state index in [1.165, 1.54) is 6.07 Å². The number of halogens is 2. The van der Waals surface area contributed by atoms with Crippen molar-refractivity contribution in [2.45, 2.75) is 26.3 Å². The summed E-state index contributed by atoms with van der Waals surface area (Å²) in [5, 5.41) is 3.46. The van der Waals surface area contributed by atoms with Gasteiger partial charge in [-0.15, -0.1) is 0 Å². The molecule has 0 aliphatic heterocycles. The molecule has 1 rings (SSSR count). The van der Waals surface area contributed by atoms with Gasteiger partial charge in [-0.25, -0.2) is 4.39 Å². The van der Waals surface area contributed by atoms with Crippen LogP contribution in [0.15, 0.2) is 18.2 Å². The van der Waals surface area contributed by atoms with Gasteiger partial charge in [0.05, 0.1) is 6.61 Å². The maximum Gasteiger partial charge on any atom is 0.305 e. The van der Waals surface area contributed by atoms with E-state index in [9.17, 15) is 9.18 Å². The number of nitrogens with one attached hydrogen (secondary N) is 1. The van der Waals surface area contributed by atoms with E-state index in [1.54, 1.807) is 19.1 Å². The van der Waals surface area contributed by atoms with Gasteiger partial charge in [-0.05, 0) is 32.0 Å². The molecule has 0 heterocycles. The van der Waals surface area contributed by atoms with E-state index in [0.717, 1.165) is 0 Å². The van der Waals surface area contributed by atoms with Gasteiger partial charge in [-0.2, -0.15) is 0 Å². The second-order valence-corrected chi connectivity index (χ2v) is 4.19. The summed E-state index contributed by atoms with van der Waals surface area (Å²) in [6.45, 7) is 3.14. The molecule has 1 aromatic rings. The molecule has 0 saturated heterocycles. The number of hydrogen-bond acceptors (Lipinski definition) is 3. The first kappa shape index (κ1) is 14.9. The standard InChI is InChI=1S/C13H17ClFNO2/c1-2-18-13(17)7-4-8-16-9-10-11(14)5-3-6-12(10)15/h3,5-6,16H,2,4,7-9H2,1H3. The molecule has 100 valence electrons. The topological polar surface area (TPSA) is 38.3 Å². The largest absolute Gasteiger partial charge is 0.466 e. The van der Waals surface area contributed by atoms with E-state index in [4.69, 9.17) is 16.3 Å². The zero-order chi connectivity index (χ0) is 13.4. The molecule has 0 aliphatic rings. The Morgan fingerprint density at radius 3 is 2.94 bits per heavy atom. The lowest BCUT2D eigenvalue weighted by molar-refractivity contribution is -0.143. The van der Waals surface area contributed by atoms with Gasteiger partial charge in [0.2, 0.25) is 0 Å². The highest BCUT2D eigenvalue weighted by Crippen LogP contribution is 2.18. The summed E-state index contributed by atoms with van der Waals surface area (Å²) in [4.78, 5) is 11.1. The molecule has 0 spiro atoms. The van der Waals surface area contributed by atoms with Crippen LogP contribution in [0, 0.1) is 5.82 Å². The van der Waals surface area contributed by atoms with Crippen LogP contribution in [0.3, 0.4) is 0 Å². The molecule has 0 fully saturated rings. The van der Waals surface area contributed by atoms with Gasteiger partial charge in [0.15, 0.2) is 0 Å². The number of carbonyl (C=O) groups excluding carboxylic acids is 1. The first-order chi connectivity index (χ1) is 8.65. The average molecular weight is 274 g/mol. The van der Waals surface area contributed by atoms with Crippen LogP contribution < -0.4 is 5.32 Å². The lowest BCUT2D eigenvalue weighted by atomic mass is 10.2. The molecule has 0 unspecified atom stereocenters. The average Bonchev–Trinajstić information content (AvgIpc) is 2.32. The van der Waals surface area contributed by atoms with Crippen LogP contribution in [0.5, 0.6) is 0 Å². The fourth-order valence-electron chi connectivity index (χ4n) is 1.51. The molecule has 18 heavy (non-hydrogen) atoms. The number of rotatable bonds is 7. The number of hydrogen-bond donors (Lipinski definition) is 1. The van der Waals surface area contributed by atoms with E-state index in [2.05, 4.69) is 5.32 Å². The van der Waals surface area contributed by atoms with Crippen molar-refractivity contribution in [1.82, 2.24) is 5.32 Å². The van der Waals surface area contributed by atoms with Crippen molar-refractivity contribution in [2.75, 3.05) is 13.2 Å². The van der Waals surface area contributed by atoms with Crippen LogP contribution in [0.1, 0.15) is 25.3 Å². The normalized spacial score (nSPS) is 10.4. The summed E-state index contributed by atoms with van der Waals surface area (Å²) < 4.78 is 18.2. The molecule has 0 radical (unpaired) electrons. The summed E-state index contributed by atoms with van der Waals surface area (Å²) in [7, 11) is 0. The molecule has 0 aromatic heterocycles. The Labute approximate surface area is 111 Å². The zero-order valence-corrected chi connectivity index (χ0v) is 11.1. The fraction of sp³-hybridized carbons (Fsp3) is 0.462. The van der Waals surface area contributed by atoms with Crippen molar-refractivity contribution in [2.24, 2.45) is 0 Å². The minimum Gasteiger partial charge on any atom is -0.466 e. The maximum absolute atomic E-state index is 13.4. The van der Waals surface area contributed by atoms with Crippen molar-refractivity contribution in [3.8, 4) is 0 Å². The predicted molar refractivity (Wildman–Crippen MR) is 69.0 cm³/mol. The molecule has 1 N–H and O–H groups in total. The van der Waals surface area contributed by atoms with Crippen LogP contribution in [0.4, 0.5) is 4.39 Å². The number of esters is 1. The molecule has 3 nitrogen and oxygen atoms in total. The van der Waals surface area contributed by atoms with Gasteiger partial charge in [0.1, 0.15) is 5.82 Å². The van der Waals surface area contributed by atoms with Crippen LogP contribution in [-0.4, -0.2) is 19.1 Å². The van der Waals surface area contributed by atoms with Crippen molar-refractivity contribution in [3.05, 3.63) is 34.6 Å². The van der Waals surface area contributed by atoms with Crippen LogP contribution in [0.2, 0.25) is 5.02 Å². The zero-order valence-electron chi connectivity index (χ0n) is 10.3. The van der Waals surface area contributed by atoms with E-state index < -0.39 is 0 Å². The second kappa shape index (κ2) is 8.06. The van der Waals surface area contributed by atoms with Crippen molar-refractivity contribution in [3.63, 3.8) is 0 Å². The quantitative estimate of drug-likeness (QED) is 0.613. The van der Waals surface area contributed by atoms with E-state index in [1.807, 2.05) is 0 Å². The summed E-state index contributed by atoms with van der Waals surface area (Å²) in [5.74, 6) is -0.524. The molecular formula is C13H17ClFNO2. The van der Waals surface area contributed by atoms with Gasteiger partial charge < -0.3 is 10.1 Å². The smallest absolute Gasteiger partial charge is 0.305 e. The first-order valence-corrected chi connectivity index (χ1v) is 6.32. The third kappa shape index (κ3) is 5.02. The minimum atomic E-state index is -0.319. The van der Waals surface area contributed by atoms with Crippen molar-refractivity contribution in [1.29, 1.82) is 0 Å². The number of carbonyl (C=O) groups is 1. The summed E-state index contributed by atoms with van der Waals surface area (Å²) >= 11 is 5.88. The third-order valence-electron chi connectivity index (χ3n) is 2.40. The Morgan fingerprint density at radius 2 is 2.28 bits per heavy atom. The first-order valence-electron chi connectivity index (χ1n) is 5.94. The Morgan fingerprint density at radius 1 is 1.50 bits per heavy atom. The highest BCUT2D eigenvalue weighted by molar-refractivity contribution is 6.31. The summed E-state index contributed by atoms with van der Waals surface area (Å²) in [5.41, 5.74) is 0.454. The molecule has 0 aliphatic carbocycles.